The van der Waals surface area contributed by atoms with E-state index in [4.69, 9.17) is 8.83 Å². The number of furan rings is 2. The van der Waals surface area contributed by atoms with Crippen LogP contribution in [0.15, 0.2) is 148 Å². The third-order valence-corrected chi connectivity index (χ3v) is 9.69. The van der Waals surface area contributed by atoms with Gasteiger partial charge < -0.3 is 13.4 Å². The summed E-state index contributed by atoms with van der Waals surface area (Å²) in [5, 5.41) is 6.95. The lowest BCUT2D eigenvalue weighted by Gasteiger charge is -2.09. The fourth-order valence-electron chi connectivity index (χ4n) is 7.57. The average molecular weight is 604 g/mol. The molecule has 0 saturated heterocycles. The zero-order valence-corrected chi connectivity index (χ0v) is 26.0. The maximum Gasteiger partial charge on any atom is 0.159 e. The number of aryl methyl sites for hydroxylation is 2. The van der Waals surface area contributed by atoms with Crippen LogP contribution in [0.2, 0.25) is 0 Å². The van der Waals surface area contributed by atoms with Crippen molar-refractivity contribution < 1.29 is 8.83 Å². The standard InChI is InChI=1S/C44H29NO2/c1-26-18-20-37-34(22-26)35-23-27(2)19-21-38(35)45(37)39-15-8-14-31-36-25-29(24-33(43(36)47-44(31)39)28-10-4-3-5-11-28)30-13-9-17-41-42(30)32-12-6-7-16-40(32)46-41/h3-25H,1-2H3. The minimum absolute atomic E-state index is 0.878. The first-order valence-electron chi connectivity index (χ1n) is 16.1. The van der Waals surface area contributed by atoms with E-state index in [1.807, 2.05) is 12.1 Å². The van der Waals surface area contributed by atoms with E-state index in [9.17, 15) is 0 Å². The molecule has 10 aromatic rings. The predicted octanol–water partition coefficient (Wildman–Crippen LogP) is 12.5. The topological polar surface area (TPSA) is 31.2 Å². The van der Waals surface area contributed by atoms with E-state index in [0.717, 1.165) is 71.8 Å². The van der Waals surface area contributed by atoms with Gasteiger partial charge in [-0.2, -0.15) is 0 Å². The Morgan fingerprint density at radius 2 is 1.11 bits per heavy atom. The molecule has 0 bridgehead atoms. The van der Waals surface area contributed by atoms with Gasteiger partial charge in [0.25, 0.3) is 0 Å². The fourth-order valence-corrected chi connectivity index (χ4v) is 7.57. The molecule has 3 heterocycles. The highest BCUT2D eigenvalue weighted by molar-refractivity contribution is 6.18. The summed E-state index contributed by atoms with van der Waals surface area (Å²) < 4.78 is 15.7. The number of hydrogen-bond acceptors (Lipinski definition) is 2. The fraction of sp³-hybridized carbons (Fsp3) is 0.0455. The quantitative estimate of drug-likeness (QED) is 0.201. The second-order valence-electron chi connectivity index (χ2n) is 12.7. The molecular weight excluding hydrogens is 574 g/mol. The summed E-state index contributed by atoms with van der Waals surface area (Å²) in [5.41, 5.74) is 13.9. The van der Waals surface area contributed by atoms with Crippen LogP contribution >= 0.6 is 0 Å². The van der Waals surface area contributed by atoms with E-state index >= 15 is 0 Å². The van der Waals surface area contributed by atoms with Crippen molar-refractivity contribution in [3.8, 4) is 27.9 Å². The van der Waals surface area contributed by atoms with Crippen molar-refractivity contribution >= 4 is 65.7 Å². The number of nitrogens with zero attached hydrogens (tertiary/aromatic N) is 1. The van der Waals surface area contributed by atoms with Gasteiger partial charge in [0.05, 0.1) is 16.7 Å². The van der Waals surface area contributed by atoms with Crippen LogP contribution in [-0.2, 0) is 0 Å². The Labute approximate surface area is 270 Å². The molecule has 0 saturated carbocycles. The lowest BCUT2D eigenvalue weighted by Crippen LogP contribution is -1.94. The molecule has 3 heteroatoms. The molecule has 0 atom stereocenters. The van der Waals surface area contributed by atoms with Crippen LogP contribution in [0, 0.1) is 13.8 Å². The SMILES string of the molecule is Cc1ccc2c(c1)c1cc(C)ccc1n2-c1cccc2c1oc1c(-c3ccccc3)cc(-c3cccc4oc5ccccc5c34)cc12. The highest BCUT2D eigenvalue weighted by atomic mass is 16.3. The molecule has 222 valence electrons. The average Bonchev–Trinajstić information content (AvgIpc) is 3.77. The zero-order chi connectivity index (χ0) is 31.2. The number of benzene rings is 7. The minimum atomic E-state index is 0.878. The van der Waals surface area contributed by atoms with Crippen LogP contribution in [0.25, 0.3) is 93.6 Å². The molecule has 3 aromatic heterocycles. The largest absolute Gasteiger partial charge is 0.456 e. The molecule has 0 radical (unpaired) electrons. The van der Waals surface area contributed by atoms with Crippen LogP contribution in [-0.4, -0.2) is 4.57 Å². The van der Waals surface area contributed by atoms with Gasteiger partial charge in [-0.3, -0.25) is 0 Å². The third kappa shape index (κ3) is 3.80. The Kier molecular flexibility index (Phi) is 5.41. The molecule has 0 amide bonds. The second kappa shape index (κ2) is 9.72. The van der Waals surface area contributed by atoms with Gasteiger partial charge in [-0.25, -0.2) is 0 Å². The smallest absolute Gasteiger partial charge is 0.159 e. The summed E-state index contributed by atoms with van der Waals surface area (Å²) in [6.07, 6.45) is 0. The third-order valence-electron chi connectivity index (χ3n) is 9.69. The van der Waals surface area contributed by atoms with E-state index in [2.05, 4.69) is 146 Å². The van der Waals surface area contributed by atoms with Gasteiger partial charge in [-0.05, 0) is 85.1 Å². The minimum Gasteiger partial charge on any atom is -0.456 e. The van der Waals surface area contributed by atoms with Gasteiger partial charge in [-0.1, -0.05) is 96.1 Å². The molecule has 0 spiro atoms. The summed E-state index contributed by atoms with van der Waals surface area (Å²) >= 11 is 0. The number of aromatic nitrogens is 1. The van der Waals surface area contributed by atoms with E-state index in [1.54, 1.807) is 0 Å². The van der Waals surface area contributed by atoms with Gasteiger partial charge in [0.2, 0.25) is 0 Å². The van der Waals surface area contributed by atoms with Gasteiger partial charge in [0.15, 0.2) is 5.58 Å². The zero-order valence-electron chi connectivity index (χ0n) is 26.0. The van der Waals surface area contributed by atoms with Crippen LogP contribution in [0.1, 0.15) is 11.1 Å². The first-order valence-corrected chi connectivity index (χ1v) is 16.1. The van der Waals surface area contributed by atoms with E-state index in [0.29, 0.717) is 0 Å². The second-order valence-corrected chi connectivity index (χ2v) is 12.7. The summed E-state index contributed by atoms with van der Waals surface area (Å²) in [4.78, 5) is 0. The van der Waals surface area contributed by atoms with Crippen LogP contribution in [0.5, 0.6) is 0 Å². The molecule has 0 fully saturated rings. The Hall–Kier alpha value is -6.06. The Balaban J connectivity index is 1.32. The number of para-hydroxylation sites is 2. The molecule has 0 aliphatic carbocycles. The summed E-state index contributed by atoms with van der Waals surface area (Å²) in [5.74, 6) is 0. The Bertz CT molecular complexity index is 2800. The number of fused-ring (bicyclic) bond motifs is 9. The molecule has 0 aliphatic heterocycles. The molecule has 3 nitrogen and oxygen atoms in total. The highest BCUT2D eigenvalue weighted by Crippen LogP contribution is 2.45. The summed E-state index contributed by atoms with van der Waals surface area (Å²) in [7, 11) is 0. The van der Waals surface area contributed by atoms with E-state index in [-0.39, 0.29) is 0 Å². The van der Waals surface area contributed by atoms with Crippen molar-refractivity contribution in [3.05, 3.63) is 151 Å². The summed E-state index contributed by atoms with van der Waals surface area (Å²) in [6.45, 7) is 4.32. The van der Waals surface area contributed by atoms with Gasteiger partial charge in [0.1, 0.15) is 16.7 Å². The monoisotopic (exact) mass is 603 g/mol. The normalized spacial score (nSPS) is 12.0. The van der Waals surface area contributed by atoms with Gasteiger partial charge in [0, 0.05) is 37.9 Å². The van der Waals surface area contributed by atoms with Crippen molar-refractivity contribution in [2.75, 3.05) is 0 Å². The first-order chi connectivity index (χ1) is 23.1. The van der Waals surface area contributed by atoms with Crippen LogP contribution in [0.4, 0.5) is 0 Å². The molecule has 10 rings (SSSR count). The Morgan fingerprint density at radius 3 is 1.89 bits per heavy atom. The number of rotatable bonds is 3. The molecule has 0 aliphatic rings. The van der Waals surface area contributed by atoms with Crippen molar-refractivity contribution in [2.24, 2.45) is 0 Å². The van der Waals surface area contributed by atoms with Crippen LogP contribution < -0.4 is 0 Å². The molecule has 7 aromatic carbocycles. The first kappa shape index (κ1) is 26.2. The number of hydrogen-bond donors (Lipinski definition) is 0. The van der Waals surface area contributed by atoms with Crippen molar-refractivity contribution in [2.45, 2.75) is 13.8 Å². The van der Waals surface area contributed by atoms with Crippen molar-refractivity contribution in [1.29, 1.82) is 0 Å². The molecule has 0 N–H and O–H groups in total. The lowest BCUT2D eigenvalue weighted by molar-refractivity contribution is 0.667. The van der Waals surface area contributed by atoms with Crippen LogP contribution in [0.3, 0.4) is 0 Å². The molecule has 47 heavy (non-hydrogen) atoms. The van der Waals surface area contributed by atoms with Gasteiger partial charge in [-0.15, -0.1) is 0 Å². The van der Waals surface area contributed by atoms with E-state index in [1.165, 1.54) is 32.9 Å². The summed E-state index contributed by atoms with van der Waals surface area (Å²) in [6, 6.07) is 49.8. The molecule has 0 unspecified atom stereocenters. The Morgan fingerprint density at radius 1 is 0.426 bits per heavy atom. The lowest BCUT2D eigenvalue weighted by atomic mass is 9.93. The molecular formula is C44H29NO2. The maximum absolute atomic E-state index is 7.03. The van der Waals surface area contributed by atoms with E-state index < -0.39 is 0 Å². The predicted molar refractivity (Wildman–Crippen MR) is 196 cm³/mol. The van der Waals surface area contributed by atoms with Crippen molar-refractivity contribution in [1.82, 2.24) is 4.57 Å². The van der Waals surface area contributed by atoms with Gasteiger partial charge >= 0.3 is 0 Å². The van der Waals surface area contributed by atoms with Crippen molar-refractivity contribution in [3.63, 3.8) is 0 Å². The highest BCUT2D eigenvalue weighted by Gasteiger charge is 2.21. The maximum atomic E-state index is 7.03.